The lowest BCUT2D eigenvalue weighted by Crippen LogP contribution is -2.28. The summed E-state index contributed by atoms with van der Waals surface area (Å²) in [7, 11) is 6.18. The molecule has 34 heavy (non-hydrogen) atoms. The molecule has 1 heterocycles. The van der Waals surface area contributed by atoms with Gasteiger partial charge in [0.25, 0.3) is 5.91 Å². The molecule has 0 atom stereocenters. The summed E-state index contributed by atoms with van der Waals surface area (Å²) in [6.45, 7) is 3.87. The molecule has 0 aliphatic heterocycles. The van der Waals surface area contributed by atoms with E-state index in [4.69, 9.17) is 16.6 Å². The fourth-order valence-electron chi connectivity index (χ4n) is 3.46. The van der Waals surface area contributed by atoms with Crippen LogP contribution in [0.4, 0.5) is 10.8 Å². The monoisotopic (exact) mass is 514 g/mol. The molecule has 178 valence electrons. The molecule has 4 aromatic rings. The van der Waals surface area contributed by atoms with Gasteiger partial charge >= 0.3 is 0 Å². The molecule has 0 saturated carbocycles. The third kappa shape index (κ3) is 6.07. The van der Waals surface area contributed by atoms with E-state index in [1.165, 1.54) is 0 Å². The minimum absolute atomic E-state index is 0. The number of thiazole rings is 1. The summed E-state index contributed by atoms with van der Waals surface area (Å²) in [5.74, 6) is -0.149. The lowest BCUT2D eigenvalue weighted by Gasteiger charge is -2.18. The first-order chi connectivity index (χ1) is 15.8. The molecule has 1 N–H and O–H groups in total. The van der Waals surface area contributed by atoms with E-state index in [0.717, 1.165) is 50.8 Å². The molecule has 0 aliphatic rings. The zero-order valence-electron chi connectivity index (χ0n) is 19.6. The van der Waals surface area contributed by atoms with Crippen LogP contribution in [0.15, 0.2) is 60.7 Å². The Morgan fingerprint density at radius 1 is 1.00 bits per heavy atom. The number of fused-ring (bicyclic) bond motifs is 1. The summed E-state index contributed by atoms with van der Waals surface area (Å²) >= 11 is 8.01. The summed E-state index contributed by atoms with van der Waals surface area (Å²) in [4.78, 5) is 21.8. The van der Waals surface area contributed by atoms with Crippen molar-refractivity contribution >= 4 is 62.3 Å². The number of aryl methyl sites for hydroxylation is 1. The van der Waals surface area contributed by atoms with Crippen molar-refractivity contribution in [3.05, 3.63) is 76.8 Å². The van der Waals surface area contributed by atoms with Crippen LogP contribution in [0.1, 0.15) is 15.9 Å². The van der Waals surface area contributed by atoms with E-state index >= 15 is 0 Å². The van der Waals surface area contributed by atoms with Crippen molar-refractivity contribution in [1.29, 1.82) is 0 Å². The number of hydrogen-bond acceptors (Lipinski definition) is 5. The van der Waals surface area contributed by atoms with Gasteiger partial charge in [0.1, 0.15) is 0 Å². The Kier molecular flexibility index (Phi) is 8.55. The molecule has 0 radical (unpaired) electrons. The van der Waals surface area contributed by atoms with Gasteiger partial charge in [0, 0.05) is 42.0 Å². The second-order valence-electron chi connectivity index (χ2n) is 8.42. The highest BCUT2D eigenvalue weighted by atomic mass is 35.5. The third-order valence-electron chi connectivity index (χ3n) is 5.43. The van der Waals surface area contributed by atoms with Crippen LogP contribution in [0.25, 0.3) is 21.3 Å². The molecule has 1 aromatic heterocycles. The number of amides is 1. The Bertz CT molecular complexity index is 1290. The van der Waals surface area contributed by atoms with Gasteiger partial charge in [0.15, 0.2) is 5.13 Å². The highest BCUT2D eigenvalue weighted by Crippen LogP contribution is 2.31. The average Bonchev–Trinajstić information content (AvgIpc) is 3.21. The average molecular weight is 516 g/mol. The number of halogens is 2. The minimum Gasteiger partial charge on any atom is -0.350 e. The summed E-state index contributed by atoms with van der Waals surface area (Å²) < 4.78 is 1.05. The first-order valence-corrected chi connectivity index (χ1v) is 11.9. The van der Waals surface area contributed by atoms with Gasteiger partial charge < -0.3 is 15.1 Å². The van der Waals surface area contributed by atoms with Gasteiger partial charge in [-0.3, -0.25) is 4.79 Å². The SMILES string of the molecule is Cc1ccc(-c2ccc(C(=O)Nc3ccc4nc(N(C)CCN(C)C)sc4c3)cc2)c(Cl)c1.Cl. The van der Waals surface area contributed by atoms with Crippen LogP contribution in [0, 0.1) is 6.92 Å². The number of benzene rings is 3. The lowest BCUT2D eigenvalue weighted by atomic mass is 10.0. The minimum atomic E-state index is -0.149. The molecule has 5 nitrogen and oxygen atoms in total. The van der Waals surface area contributed by atoms with Gasteiger partial charge in [0.2, 0.25) is 0 Å². The summed E-state index contributed by atoms with van der Waals surface area (Å²) in [6.07, 6.45) is 0. The number of nitrogens with zero attached hydrogens (tertiary/aromatic N) is 3. The van der Waals surface area contributed by atoms with Crippen LogP contribution < -0.4 is 10.2 Å². The van der Waals surface area contributed by atoms with Crippen LogP contribution in [0.2, 0.25) is 5.02 Å². The Morgan fingerprint density at radius 3 is 2.41 bits per heavy atom. The fourth-order valence-corrected chi connectivity index (χ4v) is 4.79. The van der Waals surface area contributed by atoms with E-state index in [0.29, 0.717) is 10.6 Å². The number of carbonyl (C=O) groups excluding carboxylic acids is 1. The maximum atomic E-state index is 12.8. The Labute approximate surface area is 215 Å². The van der Waals surface area contributed by atoms with Crippen molar-refractivity contribution in [2.75, 3.05) is 44.4 Å². The molecule has 0 unspecified atom stereocenters. The number of hydrogen-bond donors (Lipinski definition) is 1. The quantitative estimate of drug-likeness (QED) is 0.301. The Hall–Kier alpha value is -2.64. The number of likely N-dealkylation sites (N-methyl/N-ethyl adjacent to an activating group) is 2. The Balaban J connectivity index is 0.00000324. The summed E-state index contributed by atoms with van der Waals surface area (Å²) in [5, 5.41) is 4.68. The maximum absolute atomic E-state index is 12.8. The fraction of sp³-hybridized carbons (Fsp3) is 0.231. The molecule has 8 heteroatoms. The van der Waals surface area contributed by atoms with E-state index in [1.54, 1.807) is 11.3 Å². The largest absolute Gasteiger partial charge is 0.350 e. The summed E-state index contributed by atoms with van der Waals surface area (Å²) in [5.41, 5.74) is 5.33. The molecule has 4 rings (SSSR count). The van der Waals surface area contributed by atoms with Crippen LogP contribution in [-0.2, 0) is 0 Å². The first kappa shape index (κ1) is 26.0. The van der Waals surface area contributed by atoms with Crippen molar-refractivity contribution in [3.8, 4) is 11.1 Å². The molecule has 0 spiro atoms. The van der Waals surface area contributed by atoms with E-state index in [2.05, 4.69) is 36.3 Å². The molecular weight excluding hydrogens is 487 g/mol. The van der Waals surface area contributed by atoms with Gasteiger partial charge in [0.05, 0.1) is 10.2 Å². The molecule has 1 amide bonds. The van der Waals surface area contributed by atoms with Gasteiger partial charge in [-0.15, -0.1) is 12.4 Å². The van der Waals surface area contributed by atoms with Crippen LogP contribution >= 0.6 is 35.3 Å². The highest BCUT2D eigenvalue weighted by Gasteiger charge is 2.12. The molecule has 0 bridgehead atoms. The normalized spacial score (nSPS) is 10.9. The third-order valence-corrected chi connectivity index (χ3v) is 6.87. The van der Waals surface area contributed by atoms with E-state index in [9.17, 15) is 4.79 Å². The standard InChI is InChI=1S/C26H27ClN4OS.ClH/c1-17-5-11-21(22(27)15-17)18-6-8-19(9-7-18)25(32)28-20-10-12-23-24(16-20)33-26(29-23)31(4)14-13-30(2)3;/h5-12,15-16H,13-14H2,1-4H3,(H,28,32);1H. The van der Waals surface area contributed by atoms with Crippen LogP contribution in [0.5, 0.6) is 0 Å². The van der Waals surface area contributed by atoms with E-state index < -0.39 is 0 Å². The number of nitrogens with one attached hydrogen (secondary N) is 1. The molecule has 0 fully saturated rings. The van der Waals surface area contributed by atoms with Crippen LogP contribution in [-0.4, -0.2) is 50.0 Å². The van der Waals surface area contributed by atoms with Crippen LogP contribution in [0.3, 0.4) is 0 Å². The maximum Gasteiger partial charge on any atom is 0.255 e. The van der Waals surface area contributed by atoms with Gasteiger partial charge in [-0.2, -0.15) is 0 Å². The second kappa shape index (κ2) is 11.2. The summed E-state index contributed by atoms with van der Waals surface area (Å²) in [6, 6.07) is 19.3. The van der Waals surface area contributed by atoms with Crippen molar-refractivity contribution in [2.24, 2.45) is 0 Å². The van der Waals surface area contributed by atoms with Gasteiger partial charge in [-0.1, -0.05) is 47.2 Å². The molecular formula is C26H28Cl2N4OS. The number of carbonyl (C=O) groups is 1. The molecule has 0 aliphatic carbocycles. The van der Waals surface area contributed by atoms with E-state index in [-0.39, 0.29) is 18.3 Å². The zero-order valence-corrected chi connectivity index (χ0v) is 22.0. The lowest BCUT2D eigenvalue weighted by molar-refractivity contribution is 0.102. The number of aromatic nitrogens is 1. The smallest absolute Gasteiger partial charge is 0.255 e. The van der Waals surface area contributed by atoms with Gasteiger partial charge in [-0.05, 0) is 68.5 Å². The van der Waals surface area contributed by atoms with E-state index in [1.807, 2.05) is 67.6 Å². The van der Waals surface area contributed by atoms with Crippen molar-refractivity contribution in [3.63, 3.8) is 0 Å². The van der Waals surface area contributed by atoms with Crippen molar-refractivity contribution in [2.45, 2.75) is 6.92 Å². The number of rotatable bonds is 7. The highest BCUT2D eigenvalue weighted by molar-refractivity contribution is 7.22. The molecule has 3 aromatic carbocycles. The predicted molar refractivity (Wildman–Crippen MR) is 148 cm³/mol. The van der Waals surface area contributed by atoms with Gasteiger partial charge in [-0.25, -0.2) is 4.98 Å². The van der Waals surface area contributed by atoms with Crippen molar-refractivity contribution < 1.29 is 4.79 Å². The second-order valence-corrected chi connectivity index (χ2v) is 9.83. The molecule has 0 saturated heterocycles. The van der Waals surface area contributed by atoms with Crippen molar-refractivity contribution in [1.82, 2.24) is 9.88 Å². The topological polar surface area (TPSA) is 48.5 Å². The number of anilines is 2. The zero-order chi connectivity index (χ0) is 23.5. The first-order valence-electron chi connectivity index (χ1n) is 10.7. The predicted octanol–water partition coefficient (Wildman–Crippen LogP) is 6.60. The Morgan fingerprint density at radius 2 is 1.74 bits per heavy atom.